The molecule has 0 aliphatic carbocycles. The fourth-order valence-corrected chi connectivity index (χ4v) is 3.50. The van der Waals surface area contributed by atoms with Crippen molar-refractivity contribution in [1.82, 2.24) is 10.2 Å². The molecule has 0 unspecified atom stereocenters. The Morgan fingerprint density at radius 3 is 2.85 bits per heavy atom. The average molecular weight is 297 g/mol. The first-order chi connectivity index (χ1) is 9.69. The minimum atomic E-state index is -0.300. The lowest BCUT2D eigenvalue weighted by molar-refractivity contribution is -0.380. The molecule has 2 heterocycles. The highest BCUT2D eigenvalue weighted by molar-refractivity contribution is 7.13. The molecule has 0 spiro atoms. The molecular weight excluding hydrogens is 274 g/mol. The summed E-state index contributed by atoms with van der Waals surface area (Å²) in [6.45, 7) is 7.43. The van der Waals surface area contributed by atoms with E-state index in [1.807, 2.05) is 5.38 Å². The maximum atomic E-state index is 10.7. The van der Waals surface area contributed by atoms with E-state index in [2.05, 4.69) is 17.1 Å². The molecule has 0 bridgehead atoms. The van der Waals surface area contributed by atoms with Crippen LogP contribution in [0.15, 0.2) is 11.4 Å². The van der Waals surface area contributed by atoms with Crippen LogP contribution >= 0.6 is 11.3 Å². The molecule has 1 aliphatic heterocycles. The molecule has 5 nitrogen and oxygen atoms in total. The van der Waals surface area contributed by atoms with Gasteiger partial charge in [-0.05, 0) is 50.4 Å². The molecule has 112 valence electrons. The van der Waals surface area contributed by atoms with Crippen molar-refractivity contribution in [1.29, 1.82) is 0 Å². The van der Waals surface area contributed by atoms with Crippen LogP contribution in [0.3, 0.4) is 0 Å². The van der Waals surface area contributed by atoms with Gasteiger partial charge in [0.1, 0.15) is 0 Å². The molecular formula is C14H23N3O2S. The smallest absolute Gasteiger partial charge is 0.317 e. The van der Waals surface area contributed by atoms with Crippen LogP contribution in [0.25, 0.3) is 0 Å². The SMILES string of the molecule is CCCN(Cc1csc([N+](=O)[O-])c1)CC1CCNCC1. The monoisotopic (exact) mass is 297 g/mol. The lowest BCUT2D eigenvalue weighted by Gasteiger charge is -2.29. The Morgan fingerprint density at radius 2 is 2.25 bits per heavy atom. The van der Waals surface area contributed by atoms with E-state index in [4.69, 9.17) is 0 Å². The van der Waals surface area contributed by atoms with Crippen LogP contribution in [-0.4, -0.2) is 36.0 Å². The summed E-state index contributed by atoms with van der Waals surface area (Å²) in [6, 6.07) is 1.72. The lowest BCUT2D eigenvalue weighted by Crippen LogP contribution is -2.36. The van der Waals surface area contributed by atoms with Gasteiger partial charge in [-0.1, -0.05) is 18.3 Å². The number of nitro groups is 1. The Kier molecular flexibility index (Phi) is 5.94. The van der Waals surface area contributed by atoms with Gasteiger partial charge in [-0.15, -0.1) is 0 Å². The number of thiophene rings is 1. The zero-order valence-electron chi connectivity index (χ0n) is 12.0. The van der Waals surface area contributed by atoms with Gasteiger partial charge in [0, 0.05) is 24.5 Å². The van der Waals surface area contributed by atoms with Crippen LogP contribution in [0.4, 0.5) is 5.00 Å². The topological polar surface area (TPSA) is 58.4 Å². The van der Waals surface area contributed by atoms with Crippen molar-refractivity contribution in [2.75, 3.05) is 26.2 Å². The van der Waals surface area contributed by atoms with Crippen molar-refractivity contribution < 1.29 is 4.92 Å². The van der Waals surface area contributed by atoms with Gasteiger partial charge in [-0.3, -0.25) is 15.0 Å². The summed E-state index contributed by atoms with van der Waals surface area (Å²) in [7, 11) is 0. The van der Waals surface area contributed by atoms with Crippen LogP contribution < -0.4 is 5.32 Å². The molecule has 0 saturated carbocycles. The summed E-state index contributed by atoms with van der Waals surface area (Å²) in [5.74, 6) is 0.761. The van der Waals surface area contributed by atoms with Crippen molar-refractivity contribution in [3.63, 3.8) is 0 Å². The van der Waals surface area contributed by atoms with E-state index < -0.39 is 0 Å². The van der Waals surface area contributed by atoms with Crippen molar-refractivity contribution >= 4 is 16.3 Å². The standard InChI is InChI=1S/C14H23N3O2S/c1-2-7-16(9-12-3-5-15-6-4-12)10-13-8-14(17(18)19)20-11-13/h8,11-12,15H,2-7,9-10H2,1H3. The van der Waals surface area contributed by atoms with E-state index in [-0.39, 0.29) is 9.92 Å². The van der Waals surface area contributed by atoms with Crippen molar-refractivity contribution in [2.24, 2.45) is 5.92 Å². The van der Waals surface area contributed by atoms with Crippen LogP contribution in [-0.2, 0) is 6.54 Å². The van der Waals surface area contributed by atoms with E-state index in [0.29, 0.717) is 0 Å². The third-order valence-corrected chi connectivity index (χ3v) is 4.67. The van der Waals surface area contributed by atoms with Gasteiger partial charge in [0.25, 0.3) is 0 Å². The zero-order chi connectivity index (χ0) is 14.4. The number of nitrogens with one attached hydrogen (secondary N) is 1. The molecule has 2 rings (SSSR count). The van der Waals surface area contributed by atoms with Crippen LogP contribution in [0.2, 0.25) is 0 Å². The first-order valence-electron chi connectivity index (χ1n) is 7.34. The summed E-state index contributed by atoms with van der Waals surface area (Å²) in [4.78, 5) is 12.9. The molecule has 1 fully saturated rings. The van der Waals surface area contributed by atoms with Gasteiger partial charge in [0.15, 0.2) is 0 Å². The normalized spacial score (nSPS) is 16.7. The fourth-order valence-electron chi connectivity index (χ4n) is 2.78. The Labute approximate surface area is 124 Å². The second-order valence-corrected chi connectivity index (χ2v) is 6.37. The maximum Gasteiger partial charge on any atom is 0.324 e. The second-order valence-electron chi connectivity index (χ2n) is 5.48. The summed E-state index contributed by atoms with van der Waals surface area (Å²) in [5, 5.41) is 16.3. The molecule has 0 atom stereocenters. The number of piperidine rings is 1. The van der Waals surface area contributed by atoms with Gasteiger partial charge in [0.05, 0.1) is 4.92 Å². The van der Waals surface area contributed by atoms with E-state index in [9.17, 15) is 10.1 Å². The Morgan fingerprint density at radius 1 is 1.50 bits per heavy atom. The minimum absolute atomic E-state index is 0.248. The quantitative estimate of drug-likeness (QED) is 0.621. The van der Waals surface area contributed by atoms with E-state index >= 15 is 0 Å². The highest BCUT2D eigenvalue weighted by Gasteiger charge is 2.18. The van der Waals surface area contributed by atoms with E-state index in [1.54, 1.807) is 6.07 Å². The summed E-state index contributed by atoms with van der Waals surface area (Å²) >= 11 is 1.23. The molecule has 1 aliphatic rings. The molecule has 1 N–H and O–H groups in total. The minimum Gasteiger partial charge on any atom is -0.317 e. The molecule has 6 heteroatoms. The summed E-state index contributed by atoms with van der Waals surface area (Å²) < 4.78 is 0. The number of nitrogens with zero attached hydrogens (tertiary/aromatic N) is 2. The van der Waals surface area contributed by atoms with Crippen LogP contribution in [0.5, 0.6) is 0 Å². The second kappa shape index (κ2) is 7.71. The third-order valence-electron chi connectivity index (χ3n) is 3.74. The van der Waals surface area contributed by atoms with E-state index in [0.717, 1.165) is 50.6 Å². The largest absolute Gasteiger partial charge is 0.324 e. The van der Waals surface area contributed by atoms with Gasteiger partial charge in [-0.2, -0.15) is 0 Å². The summed E-state index contributed by atoms with van der Waals surface area (Å²) in [6.07, 6.45) is 3.60. The molecule has 0 aromatic carbocycles. The molecule has 1 saturated heterocycles. The third kappa shape index (κ3) is 4.54. The van der Waals surface area contributed by atoms with Crippen molar-refractivity contribution in [2.45, 2.75) is 32.7 Å². The number of rotatable bonds is 7. The lowest BCUT2D eigenvalue weighted by atomic mass is 9.97. The first kappa shape index (κ1) is 15.4. The predicted molar refractivity (Wildman–Crippen MR) is 82.1 cm³/mol. The molecule has 0 radical (unpaired) electrons. The van der Waals surface area contributed by atoms with Crippen molar-refractivity contribution in [3.05, 3.63) is 27.1 Å². The van der Waals surface area contributed by atoms with Gasteiger partial charge in [0.2, 0.25) is 0 Å². The van der Waals surface area contributed by atoms with Gasteiger partial charge < -0.3 is 5.32 Å². The Hall–Kier alpha value is -0.980. The average Bonchev–Trinajstić information content (AvgIpc) is 2.89. The van der Waals surface area contributed by atoms with Gasteiger partial charge in [-0.25, -0.2) is 0 Å². The summed E-state index contributed by atoms with van der Waals surface area (Å²) in [5.41, 5.74) is 1.07. The number of hydrogen-bond acceptors (Lipinski definition) is 5. The van der Waals surface area contributed by atoms with Crippen LogP contribution in [0.1, 0.15) is 31.7 Å². The fraction of sp³-hybridized carbons (Fsp3) is 0.714. The predicted octanol–water partition coefficient (Wildman–Crippen LogP) is 2.87. The molecule has 20 heavy (non-hydrogen) atoms. The molecule has 1 aromatic heterocycles. The first-order valence-corrected chi connectivity index (χ1v) is 8.22. The number of hydrogen-bond donors (Lipinski definition) is 1. The van der Waals surface area contributed by atoms with E-state index in [1.165, 1.54) is 24.2 Å². The maximum absolute atomic E-state index is 10.7. The van der Waals surface area contributed by atoms with Gasteiger partial charge >= 0.3 is 5.00 Å². The molecule has 0 amide bonds. The Bertz CT molecular complexity index is 430. The Balaban J connectivity index is 1.91. The molecule has 1 aromatic rings. The highest BCUT2D eigenvalue weighted by Crippen LogP contribution is 2.24. The highest BCUT2D eigenvalue weighted by atomic mass is 32.1. The zero-order valence-corrected chi connectivity index (χ0v) is 12.8. The van der Waals surface area contributed by atoms with Crippen LogP contribution in [0, 0.1) is 16.0 Å². The van der Waals surface area contributed by atoms with Crippen molar-refractivity contribution in [3.8, 4) is 0 Å².